The molecule has 0 bridgehead atoms. The van der Waals surface area contributed by atoms with Crippen LogP contribution in [0.5, 0.6) is 0 Å². The maximum Gasteiger partial charge on any atom is 0.151 e. The van der Waals surface area contributed by atoms with Crippen LogP contribution in [0.25, 0.3) is 0 Å². The molecule has 0 unspecified atom stereocenters. The van der Waals surface area contributed by atoms with Gasteiger partial charge in [-0.3, -0.25) is 0 Å². The summed E-state index contributed by atoms with van der Waals surface area (Å²) >= 11 is 4.18. The zero-order valence-corrected chi connectivity index (χ0v) is 10.1. The molecule has 2 rings (SSSR count). The second-order valence-electron chi connectivity index (χ2n) is 2.81. The average Bonchev–Trinajstić information content (AvgIpc) is 2.20. The Hall–Kier alpha value is -0.0400. The first-order valence-electron chi connectivity index (χ1n) is 4.18. The van der Waals surface area contributed by atoms with Crippen molar-refractivity contribution in [2.75, 3.05) is 29.5 Å². The van der Waals surface area contributed by atoms with Crippen molar-refractivity contribution in [3.8, 4) is 0 Å². The second kappa shape index (κ2) is 4.45. The summed E-state index contributed by atoms with van der Waals surface area (Å²) in [5.74, 6) is 3.42. The van der Waals surface area contributed by atoms with Crippen molar-refractivity contribution >= 4 is 40.2 Å². The molecule has 2 heterocycles. The van der Waals surface area contributed by atoms with E-state index in [-0.39, 0.29) is 0 Å². The van der Waals surface area contributed by atoms with E-state index in [0.29, 0.717) is 0 Å². The highest BCUT2D eigenvalue weighted by molar-refractivity contribution is 14.1. The van der Waals surface area contributed by atoms with Crippen molar-refractivity contribution in [2.24, 2.45) is 0 Å². The van der Waals surface area contributed by atoms with Gasteiger partial charge in [-0.1, -0.05) is 0 Å². The highest BCUT2D eigenvalue weighted by atomic mass is 127. The van der Waals surface area contributed by atoms with E-state index >= 15 is 0 Å². The van der Waals surface area contributed by atoms with Crippen LogP contribution in [0.1, 0.15) is 0 Å². The summed E-state index contributed by atoms with van der Waals surface area (Å²) in [7, 11) is 0. The third-order valence-electron chi connectivity index (χ3n) is 1.95. The van der Waals surface area contributed by atoms with E-state index in [1.807, 2.05) is 23.9 Å². The van der Waals surface area contributed by atoms with Crippen LogP contribution in [0, 0.1) is 3.70 Å². The van der Waals surface area contributed by atoms with Crippen molar-refractivity contribution in [1.82, 2.24) is 10.2 Å². The van der Waals surface area contributed by atoms with Gasteiger partial charge in [-0.15, -0.1) is 10.2 Å². The highest BCUT2D eigenvalue weighted by Crippen LogP contribution is 2.16. The summed E-state index contributed by atoms with van der Waals surface area (Å²) in [6, 6.07) is 4.05. The smallest absolute Gasteiger partial charge is 0.151 e. The standard InChI is InChI=1S/C8H10IN3S/c9-7-1-2-8(11-10-7)12-3-5-13-6-4-12/h1-2H,3-6H2. The van der Waals surface area contributed by atoms with Gasteiger partial charge in [0.1, 0.15) is 3.70 Å². The van der Waals surface area contributed by atoms with Gasteiger partial charge in [-0.2, -0.15) is 11.8 Å². The van der Waals surface area contributed by atoms with E-state index in [0.717, 1.165) is 22.6 Å². The maximum atomic E-state index is 4.16. The molecule has 1 aromatic rings. The second-order valence-corrected chi connectivity index (χ2v) is 5.14. The van der Waals surface area contributed by atoms with E-state index < -0.39 is 0 Å². The SMILES string of the molecule is Ic1ccc(N2CCSCC2)nn1. The van der Waals surface area contributed by atoms with Crippen LogP contribution in [-0.2, 0) is 0 Å². The number of nitrogens with zero attached hydrogens (tertiary/aromatic N) is 3. The van der Waals surface area contributed by atoms with Crippen LogP contribution in [-0.4, -0.2) is 34.8 Å². The zero-order chi connectivity index (χ0) is 9.10. The van der Waals surface area contributed by atoms with Crippen LogP contribution < -0.4 is 4.90 Å². The molecule has 13 heavy (non-hydrogen) atoms. The van der Waals surface area contributed by atoms with E-state index in [1.165, 1.54) is 11.5 Å². The van der Waals surface area contributed by atoms with Crippen LogP contribution in [0.2, 0.25) is 0 Å². The van der Waals surface area contributed by atoms with Gasteiger partial charge in [0, 0.05) is 24.6 Å². The third-order valence-corrected chi connectivity index (χ3v) is 3.47. The van der Waals surface area contributed by atoms with Crippen molar-refractivity contribution in [2.45, 2.75) is 0 Å². The Morgan fingerprint density at radius 2 is 2.00 bits per heavy atom. The first kappa shape index (κ1) is 9.51. The number of thioether (sulfide) groups is 1. The molecule has 1 aromatic heterocycles. The summed E-state index contributed by atoms with van der Waals surface area (Å²) < 4.78 is 0.952. The number of rotatable bonds is 1. The lowest BCUT2D eigenvalue weighted by atomic mass is 10.4. The van der Waals surface area contributed by atoms with Gasteiger partial charge in [0.15, 0.2) is 5.82 Å². The minimum absolute atomic E-state index is 0.952. The Bertz CT molecular complexity index is 271. The van der Waals surface area contributed by atoms with E-state index in [2.05, 4.69) is 37.7 Å². The molecule has 0 amide bonds. The average molecular weight is 307 g/mol. The molecular weight excluding hydrogens is 297 g/mol. The quantitative estimate of drug-likeness (QED) is 0.738. The Labute approximate surface area is 95.4 Å². The lowest BCUT2D eigenvalue weighted by molar-refractivity contribution is 0.815. The molecule has 3 nitrogen and oxygen atoms in total. The topological polar surface area (TPSA) is 29.0 Å². The first-order chi connectivity index (χ1) is 6.36. The van der Waals surface area contributed by atoms with Crippen LogP contribution in [0.4, 0.5) is 5.82 Å². The van der Waals surface area contributed by atoms with E-state index in [1.54, 1.807) is 0 Å². The molecule has 0 radical (unpaired) electrons. The molecule has 5 heteroatoms. The largest absolute Gasteiger partial charge is 0.353 e. The van der Waals surface area contributed by atoms with Gasteiger partial charge in [-0.05, 0) is 34.7 Å². The van der Waals surface area contributed by atoms with Crippen molar-refractivity contribution in [3.63, 3.8) is 0 Å². The number of anilines is 1. The van der Waals surface area contributed by atoms with Gasteiger partial charge in [0.05, 0.1) is 0 Å². The summed E-state index contributed by atoms with van der Waals surface area (Å²) in [6.07, 6.45) is 0. The number of hydrogen-bond donors (Lipinski definition) is 0. The Morgan fingerprint density at radius 3 is 2.62 bits per heavy atom. The summed E-state index contributed by atoms with van der Waals surface area (Å²) in [6.45, 7) is 2.19. The van der Waals surface area contributed by atoms with E-state index in [4.69, 9.17) is 0 Å². The molecule has 70 valence electrons. The van der Waals surface area contributed by atoms with Crippen LogP contribution >= 0.6 is 34.4 Å². The monoisotopic (exact) mass is 307 g/mol. The lowest BCUT2D eigenvalue weighted by Gasteiger charge is -2.26. The van der Waals surface area contributed by atoms with E-state index in [9.17, 15) is 0 Å². The van der Waals surface area contributed by atoms with Crippen molar-refractivity contribution in [3.05, 3.63) is 15.8 Å². The molecule has 0 N–H and O–H groups in total. The predicted octanol–water partition coefficient (Wildman–Crippen LogP) is 1.63. The van der Waals surface area contributed by atoms with Gasteiger partial charge in [0.2, 0.25) is 0 Å². The molecule has 0 atom stereocenters. The van der Waals surface area contributed by atoms with Crippen molar-refractivity contribution in [1.29, 1.82) is 0 Å². The van der Waals surface area contributed by atoms with Crippen molar-refractivity contribution < 1.29 is 0 Å². The van der Waals surface area contributed by atoms with Gasteiger partial charge >= 0.3 is 0 Å². The molecule has 1 aliphatic heterocycles. The number of hydrogen-bond acceptors (Lipinski definition) is 4. The molecular formula is C8H10IN3S. The first-order valence-corrected chi connectivity index (χ1v) is 6.41. The highest BCUT2D eigenvalue weighted by Gasteiger charge is 2.11. The third kappa shape index (κ3) is 2.46. The van der Waals surface area contributed by atoms with Crippen LogP contribution in [0.15, 0.2) is 12.1 Å². The number of aromatic nitrogens is 2. The maximum absolute atomic E-state index is 4.16. The van der Waals surface area contributed by atoms with Crippen LogP contribution in [0.3, 0.4) is 0 Å². The molecule has 0 aromatic carbocycles. The molecule has 0 spiro atoms. The number of halogens is 1. The fourth-order valence-electron chi connectivity index (χ4n) is 1.27. The minimum Gasteiger partial charge on any atom is -0.353 e. The zero-order valence-electron chi connectivity index (χ0n) is 7.11. The Kier molecular flexibility index (Phi) is 3.26. The fourth-order valence-corrected chi connectivity index (χ4v) is 2.46. The summed E-state index contributed by atoms with van der Waals surface area (Å²) in [5.41, 5.74) is 0. The minimum atomic E-state index is 0.952. The normalized spacial score (nSPS) is 17.5. The fraction of sp³-hybridized carbons (Fsp3) is 0.500. The Morgan fingerprint density at radius 1 is 1.23 bits per heavy atom. The molecule has 0 saturated carbocycles. The van der Waals surface area contributed by atoms with Gasteiger partial charge < -0.3 is 4.90 Å². The lowest BCUT2D eigenvalue weighted by Crippen LogP contribution is -2.33. The Balaban J connectivity index is 2.10. The van der Waals surface area contributed by atoms with Gasteiger partial charge in [-0.25, -0.2) is 0 Å². The summed E-state index contributed by atoms with van der Waals surface area (Å²) in [5, 5.41) is 8.20. The molecule has 1 aliphatic rings. The summed E-state index contributed by atoms with van der Waals surface area (Å²) in [4.78, 5) is 2.29. The van der Waals surface area contributed by atoms with Gasteiger partial charge in [0.25, 0.3) is 0 Å². The molecule has 0 aliphatic carbocycles. The predicted molar refractivity (Wildman–Crippen MR) is 64.3 cm³/mol. The molecule has 1 saturated heterocycles. The molecule has 1 fully saturated rings.